The lowest BCUT2D eigenvalue weighted by atomic mass is 10.1. The van der Waals surface area contributed by atoms with Gasteiger partial charge >= 0.3 is 6.18 Å². The van der Waals surface area contributed by atoms with Gasteiger partial charge in [0.2, 0.25) is 0 Å². The van der Waals surface area contributed by atoms with E-state index in [4.69, 9.17) is 5.73 Å². The first-order valence-corrected chi connectivity index (χ1v) is 11.5. The van der Waals surface area contributed by atoms with E-state index in [1.807, 2.05) is 0 Å². The number of hydrogen-bond acceptors (Lipinski definition) is 7. The van der Waals surface area contributed by atoms with Crippen molar-refractivity contribution in [3.05, 3.63) is 74.6 Å². The number of nitrogens with zero attached hydrogens (tertiary/aromatic N) is 4. The first-order chi connectivity index (χ1) is 18.4. The van der Waals surface area contributed by atoms with Crippen LogP contribution in [0.5, 0.6) is 0 Å². The molecule has 206 valence electrons. The molecule has 0 aliphatic rings. The van der Waals surface area contributed by atoms with Crippen molar-refractivity contribution in [2.45, 2.75) is 45.0 Å². The number of fused-ring (bicyclic) bond motifs is 1. The number of alkyl halides is 5. The molecule has 0 radical (unpaired) electrons. The molecule has 0 amide bonds. The molecule has 0 aliphatic heterocycles. The number of aryl methyl sites for hydroxylation is 1. The molecule has 1 unspecified atom stereocenters. The van der Waals surface area contributed by atoms with E-state index in [0.717, 1.165) is 18.5 Å². The van der Waals surface area contributed by atoms with Crippen molar-refractivity contribution in [1.82, 2.24) is 24.7 Å². The summed E-state index contributed by atoms with van der Waals surface area (Å²) in [5, 5.41) is 8.22. The van der Waals surface area contributed by atoms with Crippen molar-refractivity contribution >= 4 is 22.3 Å². The Morgan fingerprint density at radius 3 is 2.59 bits per heavy atom. The zero-order chi connectivity index (χ0) is 28.5. The smallest absolute Gasteiger partial charge is 0.382 e. The standard InChI is InChI=1S/C24H21F6N7O2/c1-11(34-17-10-33-36-22(38)18(17)24(28,29)30)3-2-5-37-6-4-12-7-14(15(25)8-13(12)23(37)39)16-9-32-19(20(26)27)21(31)35-16/h4,6-11,20H,2-3,5H2,1H3,(H2,31,35)(H2,34,36,38). The number of anilines is 2. The second-order valence-corrected chi connectivity index (χ2v) is 8.73. The highest BCUT2D eigenvalue weighted by Gasteiger charge is 2.37. The molecule has 4 N–H and O–H groups in total. The van der Waals surface area contributed by atoms with Crippen LogP contribution in [0.1, 0.15) is 37.4 Å². The predicted octanol–water partition coefficient (Wildman–Crippen LogP) is 4.50. The average Bonchev–Trinajstić information content (AvgIpc) is 2.84. The van der Waals surface area contributed by atoms with E-state index < -0.39 is 58.3 Å². The van der Waals surface area contributed by atoms with E-state index in [0.29, 0.717) is 18.2 Å². The van der Waals surface area contributed by atoms with Crippen molar-refractivity contribution in [2.75, 3.05) is 11.1 Å². The third-order valence-corrected chi connectivity index (χ3v) is 5.95. The van der Waals surface area contributed by atoms with Gasteiger partial charge in [0.1, 0.15) is 17.1 Å². The van der Waals surface area contributed by atoms with Crippen molar-refractivity contribution in [2.24, 2.45) is 0 Å². The Labute approximate surface area is 215 Å². The van der Waals surface area contributed by atoms with Crippen molar-refractivity contribution in [3.63, 3.8) is 0 Å². The molecule has 3 aromatic heterocycles. The fourth-order valence-corrected chi connectivity index (χ4v) is 4.08. The van der Waals surface area contributed by atoms with Gasteiger partial charge in [-0.3, -0.25) is 9.59 Å². The maximum absolute atomic E-state index is 14.9. The summed E-state index contributed by atoms with van der Waals surface area (Å²) in [5.74, 6) is -1.37. The van der Waals surface area contributed by atoms with Crippen LogP contribution in [0.15, 0.2) is 46.4 Å². The average molecular weight is 553 g/mol. The Kier molecular flexibility index (Phi) is 7.60. The van der Waals surface area contributed by atoms with E-state index in [-0.39, 0.29) is 23.2 Å². The molecule has 15 heteroatoms. The fourth-order valence-electron chi connectivity index (χ4n) is 4.08. The predicted molar refractivity (Wildman–Crippen MR) is 131 cm³/mol. The maximum atomic E-state index is 14.9. The number of H-pyrrole nitrogens is 1. The van der Waals surface area contributed by atoms with Crippen LogP contribution in [-0.4, -0.2) is 30.8 Å². The molecule has 0 bridgehead atoms. The van der Waals surface area contributed by atoms with Crippen molar-refractivity contribution in [3.8, 4) is 11.3 Å². The fraction of sp³-hybridized carbons (Fsp3) is 0.292. The number of nitrogens with two attached hydrogens (primary N) is 1. The number of benzene rings is 1. The summed E-state index contributed by atoms with van der Waals surface area (Å²) in [5.41, 5.74) is 0.932. The van der Waals surface area contributed by atoms with Crippen LogP contribution < -0.4 is 22.2 Å². The second-order valence-electron chi connectivity index (χ2n) is 8.73. The largest absolute Gasteiger partial charge is 0.423 e. The molecule has 0 spiro atoms. The summed E-state index contributed by atoms with van der Waals surface area (Å²) in [6.07, 6.45) is -3.79. The summed E-state index contributed by atoms with van der Waals surface area (Å²) in [6.45, 7) is 1.80. The lowest BCUT2D eigenvalue weighted by Gasteiger charge is -2.18. The molecule has 1 atom stereocenters. The van der Waals surface area contributed by atoms with Crippen LogP contribution in [0.3, 0.4) is 0 Å². The first kappa shape index (κ1) is 27.6. The van der Waals surface area contributed by atoms with Gasteiger partial charge in [-0.25, -0.2) is 28.2 Å². The molecule has 1 aromatic carbocycles. The zero-order valence-electron chi connectivity index (χ0n) is 20.2. The quantitative estimate of drug-likeness (QED) is 0.274. The van der Waals surface area contributed by atoms with Gasteiger partial charge in [0.25, 0.3) is 17.5 Å². The highest BCUT2D eigenvalue weighted by molar-refractivity contribution is 5.86. The monoisotopic (exact) mass is 553 g/mol. The Balaban J connectivity index is 1.49. The van der Waals surface area contributed by atoms with Crippen LogP contribution in [0.2, 0.25) is 0 Å². The molecular formula is C24H21F6N7O2. The summed E-state index contributed by atoms with van der Waals surface area (Å²) in [7, 11) is 0. The number of nitrogen functional groups attached to an aromatic ring is 1. The summed E-state index contributed by atoms with van der Waals surface area (Å²) in [6, 6.07) is 3.40. The Morgan fingerprint density at radius 1 is 1.18 bits per heavy atom. The zero-order valence-corrected chi connectivity index (χ0v) is 20.2. The van der Waals surface area contributed by atoms with Crippen LogP contribution >= 0.6 is 0 Å². The van der Waals surface area contributed by atoms with Crippen LogP contribution in [0.25, 0.3) is 22.0 Å². The van der Waals surface area contributed by atoms with Gasteiger partial charge in [-0.05, 0) is 43.4 Å². The second kappa shape index (κ2) is 10.7. The molecule has 0 aliphatic carbocycles. The molecular weight excluding hydrogens is 532 g/mol. The normalized spacial score (nSPS) is 12.7. The van der Waals surface area contributed by atoms with Crippen molar-refractivity contribution < 1.29 is 26.3 Å². The lowest BCUT2D eigenvalue weighted by Crippen LogP contribution is -2.27. The van der Waals surface area contributed by atoms with Gasteiger partial charge in [-0.1, -0.05) is 0 Å². The first-order valence-electron chi connectivity index (χ1n) is 11.5. The van der Waals surface area contributed by atoms with E-state index in [2.05, 4.69) is 20.4 Å². The SMILES string of the molecule is CC(CCCn1ccc2cc(-c3cnc(C(F)F)c(N)n3)c(F)cc2c1=O)Nc1cn[nH]c(=O)c1C(F)(F)F. The lowest BCUT2D eigenvalue weighted by molar-refractivity contribution is -0.138. The molecule has 39 heavy (non-hydrogen) atoms. The number of rotatable bonds is 8. The molecule has 3 heterocycles. The Morgan fingerprint density at radius 2 is 1.92 bits per heavy atom. The van der Waals surface area contributed by atoms with Gasteiger partial charge in [0, 0.05) is 24.3 Å². The minimum absolute atomic E-state index is 0.0551. The number of aromatic nitrogens is 5. The van der Waals surface area contributed by atoms with Gasteiger partial charge in [0.15, 0.2) is 5.82 Å². The number of aromatic amines is 1. The van der Waals surface area contributed by atoms with E-state index in [1.165, 1.54) is 16.8 Å². The molecule has 4 aromatic rings. The molecule has 4 rings (SSSR count). The minimum atomic E-state index is -4.87. The number of nitrogens with one attached hydrogen (secondary N) is 2. The van der Waals surface area contributed by atoms with Gasteiger partial charge in [-0.2, -0.15) is 18.3 Å². The van der Waals surface area contributed by atoms with Crippen LogP contribution in [0, 0.1) is 5.82 Å². The Bertz CT molecular complexity index is 1630. The van der Waals surface area contributed by atoms with Gasteiger partial charge in [-0.15, -0.1) is 0 Å². The topological polar surface area (TPSA) is 132 Å². The molecule has 0 saturated carbocycles. The summed E-state index contributed by atoms with van der Waals surface area (Å²) < 4.78 is 81.7. The van der Waals surface area contributed by atoms with Crippen LogP contribution in [-0.2, 0) is 12.7 Å². The molecule has 0 fully saturated rings. The Hall–Kier alpha value is -4.43. The maximum Gasteiger partial charge on any atom is 0.423 e. The minimum Gasteiger partial charge on any atom is -0.382 e. The highest BCUT2D eigenvalue weighted by Crippen LogP contribution is 2.32. The van der Waals surface area contributed by atoms with E-state index in [9.17, 15) is 35.9 Å². The van der Waals surface area contributed by atoms with Gasteiger partial charge in [0.05, 0.1) is 29.2 Å². The summed E-state index contributed by atoms with van der Waals surface area (Å²) in [4.78, 5) is 31.9. The highest BCUT2D eigenvalue weighted by atomic mass is 19.4. The van der Waals surface area contributed by atoms with E-state index in [1.54, 1.807) is 18.1 Å². The van der Waals surface area contributed by atoms with E-state index >= 15 is 0 Å². The summed E-state index contributed by atoms with van der Waals surface area (Å²) >= 11 is 0. The number of pyridine rings is 1. The molecule has 0 saturated heterocycles. The number of hydrogen-bond donors (Lipinski definition) is 3. The third kappa shape index (κ3) is 5.86. The van der Waals surface area contributed by atoms with Crippen LogP contribution in [0.4, 0.5) is 37.8 Å². The third-order valence-electron chi connectivity index (χ3n) is 5.95. The number of halogens is 6. The van der Waals surface area contributed by atoms with Crippen molar-refractivity contribution in [1.29, 1.82) is 0 Å². The molecule has 9 nitrogen and oxygen atoms in total. The van der Waals surface area contributed by atoms with Gasteiger partial charge < -0.3 is 15.6 Å².